The molecule has 0 saturated heterocycles. The van der Waals surface area contributed by atoms with Crippen LogP contribution >= 0.6 is 0 Å². The van der Waals surface area contributed by atoms with Crippen LogP contribution in [0.25, 0.3) is 0 Å². The van der Waals surface area contributed by atoms with Crippen LogP contribution in [0.2, 0.25) is 0 Å². The minimum absolute atomic E-state index is 0.00571. The van der Waals surface area contributed by atoms with Crippen molar-refractivity contribution in [2.24, 2.45) is 0 Å². The molecule has 0 bridgehead atoms. The van der Waals surface area contributed by atoms with Crippen LogP contribution in [0.4, 0.5) is 17.2 Å². The predicted molar refractivity (Wildman–Crippen MR) is 108 cm³/mol. The Bertz CT molecular complexity index is 965. The van der Waals surface area contributed by atoms with E-state index in [2.05, 4.69) is 22.5 Å². The number of Topliss-reactive ketones (excluding diaryl/α,β-unsaturated/α-hetero) is 1. The number of benzene rings is 2. The molecule has 0 radical (unpaired) electrons. The first-order valence-electron chi connectivity index (χ1n) is 8.79. The van der Waals surface area contributed by atoms with Crippen LogP contribution in [-0.4, -0.2) is 16.7 Å². The topological polar surface area (TPSA) is 71.1 Å². The first-order chi connectivity index (χ1) is 13.0. The number of aromatic nitrogens is 1. The molecule has 0 saturated carbocycles. The summed E-state index contributed by atoms with van der Waals surface area (Å²) in [4.78, 5) is 28.3. The van der Waals surface area contributed by atoms with Crippen LogP contribution in [0, 0.1) is 0 Å². The maximum atomic E-state index is 12.5. The second-order valence-corrected chi connectivity index (χ2v) is 6.20. The third-order valence-electron chi connectivity index (χ3n) is 4.18. The minimum atomic E-state index is -0.206. The molecule has 5 heteroatoms. The molecule has 0 spiro atoms. The van der Waals surface area contributed by atoms with E-state index in [0.717, 1.165) is 17.8 Å². The highest BCUT2D eigenvalue weighted by atomic mass is 16.1. The molecular formula is C22H21N3O2. The third kappa shape index (κ3) is 4.79. The van der Waals surface area contributed by atoms with E-state index in [0.29, 0.717) is 16.9 Å². The fraction of sp³-hybridized carbons (Fsp3) is 0.136. The highest BCUT2D eigenvalue weighted by Crippen LogP contribution is 2.18. The van der Waals surface area contributed by atoms with Gasteiger partial charge in [-0.15, -0.1) is 0 Å². The summed E-state index contributed by atoms with van der Waals surface area (Å²) in [5.41, 5.74) is 3.82. The number of ketones is 1. The Kier molecular flexibility index (Phi) is 5.61. The van der Waals surface area contributed by atoms with E-state index in [-0.39, 0.29) is 11.7 Å². The molecule has 3 rings (SSSR count). The summed E-state index contributed by atoms with van der Waals surface area (Å²) in [6.45, 7) is 3.61. The molecule has 1 aromatic heterocycles. The first kappa shape index (κ1) is 18.3. The molecular weight excluding hydrogens is 338 g/mol. The molecule has 0 aliphatic rings. The second-order valence-electron chi connectivity index (χ2n) is 6.20. The number of amides is 1. The molecule has 2 aromatic carbocycles. The zero-order valence-corrected chi connectivity index (χ0v) is 15.3. The van der Waals surface area contributed by atoms with Gasteiger partial charge in [0.25, 0.3) is 5.91 Å². The Morgan fingerprint density at radius 2 is 1.70 bits per heavy atom. The van der Waals surface area contributed by atoms with Crippen molar-refractivity contribution in [1.29, 1.82) is 0 Å². The molecule has 3 aromatic rings. The van der Waals surface area contributed by atoms with Crippen molar-refractivity contribution in [3.05, 3.63) is 83.6 Å². The summed E-state index contributed by atoms with van der Waals surface area (Å²) in [5, 5.41) is 6.02. The van der Waals surface area contributed by atoms with Gasteiger partial charge in [-0.05, 0) is 55.3 Å². The van der Waals surface area contributed by atoms with Crippen molar-refractivity contribution in [2.45, 2.75) is 20.3 Å². The van der Waals surface area contributed by atoms with Crippen LogP contribution in [0.15, 0.2) is 66.9 Å². The average Bonchev–Trinajstić information content (AvgIpc) is 2.69. The Morgan fingerprint density at radius 1 is 0.926 bits per heavy atom. The SMILES string of the molecule is CCc1ccc(NC(=O)c2ccnc(Nc3cccc(C(C)=O)c3)c2)cc1. The maximum Gasteiger partial charge on any atom is 0.255 e. The normalized spacial score (nSPS) is 10.3. The molecule has 0 aliphatic carbocycles. The van der Waals surface area contributed by atoms with Crippen LogP contribution in [0.3, 0.4) is 0 Å². The summed E-state index contributed by atoms with van der Waals surface area (Å²) in [7, 11) is 0. The van der Waals surface area contributed by atoms with Gasteiger partial charge in [0.05, 0.1) is 0 Å². The molecule has 0 unspecified atom stereocenters. The Balaban J connectivity index is 1.73. The highest BCUT2D eigenvalue weighted by Gasteiger charge is 2.08. The summed E-state index contributed by atoms with van der Waals surface area (Å²) in [6, 6.07) is 18.3. The lowest BCUT2D eigenvalue weighted by Gasteiger charge is -2.09. The van der Waals surface area contributed by atoms with Crippen LogP contribution in [0.5, 0.6) is 0 Å². The van der Waals surface area contributed by atoms with Crippen molar-refractivity contribution in [1.82, 2.24) is 4.98 Å². The van der Waals surface area contributed by atoms with Gasteiger partial charge in [-0.2, -0.15) is 0 Å². The number of aryl methyl sites for hydroxylation is 1. The van der Waals surface area contributed by atoms with E-state index >= 15 is 0 Å². The zero-order valence-electron chi connectivity index (χ0n) is 15.3. The highest BCUT2D eigenvalue weighted by molar-refractivity contribution is 6.04. The lowest BCUT2D eigenvalue weighted by molar-refractivity contribution is 0.101. The van der Waals surface area contributed by atoms with Gasteiger partial charge in [0, 0.05) is 28.7 Å². The molecule has 1 heterocycles. The molecule has 0 aliphatic heterocycles. The Morgan fingerprint density at radius 3 is 2.41 bits per heavy atom. The van der Waals surface area contributed by atoms with E-state index < -0.39 is 0 Å². The Hall–Kier alpha value is -3.47. The van der Waals surface area contributed by atoms with Crippen molar-refractivity contribution >= 4 is 28.9 Å². The monoisotopic (exact) mass is 359 g/mol. The summed E-state index contributed by atoms with van der Waals surface area (Å²) in [5.74, 6) is 0.320. The molecule has 1 amide bonds. The molecule has 0 atom stereocenters. The molecule has 5 nitrogen and oxygen atoms in total. The number of hydrogen-bond acceptors (Lipinski definition) is 4. The van der Waals surface area contributed by atoms with Gasteiger partial charge in [0.2, 0.25) is 0 Å². The first-order valence-corrected chi connectivity index (χ1v) is 8.79. The van der Waals surface area contributed by atoms with Crippen LogP contribution in [-0.2, 0) is 6.42 Å². The van der Waals surface area contributed by atoms with Gasteiger partial charge in [0.1, 0.15) is 5.82 Å². The van der Waals surface area contributed by atoms with Crippen molar-refractivity contribution in [3.63, 3.8) is 0 Å². The smallest absolute Gasteiger partial charge is 0.255 e. The second kappa shape index (κ2) is 8.27. The van der Waals surface area contributed by atoms with Crippen molar-refractivity contribution in [2.75, 3.05) is 10.6 Å². The lowest BCUT2D eigenvalue weighted by Crippen LogP contribution is -2.12. The average molecular weight is 359 g/mol. The predicted octanol–water partition coefficient (Wildman–Crippen LogP) is 4.84. The minimum Gasteiger partial charge on any atom is -0.340 e. The van der Waals surface area contributed by atoms with Gasteiger partial charge in [0.15, 0.2) is 5.78 Å². The lowest BCUT2D eigenvalue weighted by atomic mass is 10.1. The van der Waals surface area contributed by atoms with Crippen LogP contribution < -0.4 is 10.6 Å². The number of nitrogens with zero attached hydrogens (tertiary/aromatic N) is 1. The van der Waals surface area contributed by atoms with E-state index in [4.69, 9.17) is 0 Å². The van der Waals surface area contributed by atoms with Gasteiger partial charge < -0.3 is 10.6 Å². The fourth-order valence-corrected chi connectivity index (χ4v) is 2.63. The van der Waals surface area contributed by atoms with E-state index in [9.17, 15) is 9.59 Å². The maximum absolute atomic E-state index is 12.5. The largest absolute Gasteiger partial charge is 0.340 e. The van der Waals surface area contributed by atoms with E-state index in [1.165, 1.54) is 12.5 Å². The zero-order chi connectivity index (χ0) is 19.2. The number of rotatable bonds is 6. The number of pyridine rings is 1. The van der Waals surface area contributed by atoms with Gasteiger partial charge in [-0.1, -0.05) is 31.2 Å². The summed E-state index contributed by atoms with van der Waals surface area (Å²) in [6.07, 6.45) is 2.53. The fourth-order valence-electron chi connectivity index (χ4n) is 2.63. The molecule has 27 heavy (non-hydrogen) atoms. The van der Waals surface area contributed by atoms with Crippen LogP contribution in [0.1, 0.15) is 40.1 Å². The molecule has 2 N–H and O–H groups in total. The standard InChI is InChI=1S/C22H21N3O2/c1-3-16-7-9-19(10-8-16)25-22(27)18-11-12-23-21(14-18)24-20-6-4-5-17(13-20)15(2)26/h4-14H,3H2,1-2H3,(H,23,24)(H,25,27). The number of hydrogen-bond donors (Lipinski definition) is 2. The number of carbonyl (C=O) groups is 2. The van der Waals surface area contributed by atoms with Crippen molar-refractivity contribution < 1.29 is 9.59 Å². The quantitative estimate of drug-likeness (QED) is 0.618. The summed E-state index contributed by atoms with van der Waals surface area (Å²) >= 11 is 0. The molecule has 0 fully saturated rings. The van der Waals surface area contributed by atoms with Crippen molar-refractivity contribution in [3.8, 4) is 0 Å². The van der Waals surface area contributed by atoms with E-state index in [1.54, 1.807) is 36.5 Å². The number of nitrogens with one attached hydrogen (secondary N) is 2. The van der Waals surface area contributed by atoms with Gasteiger partial charge >= 0.3 is 0 Å². The van der Waals surface area contributed by atoms with E-state index in [1.807, 2.05) is 30.3 Å². The third-order valence-corrected chi connectivity index (χ3v) is 4.18. The van der Waals surface area contributed by atoms with Gasteiger partial charge in [-0.25, -0.2) is 4.98 Å². The number of anilines is 3. The summed E-state index contributed by atoms with van der Waals surface area (Å²) < 4.78 is 0. The Labute approximate surface area is 158 Å². The van der Waals surface area contributed by atoms with Gasteiger partial charge in [-0.3, -0.25) is 9.59 Å². The molecule has 136 valence electrons. The number of carbonyl (C=O) groups excluding carboxylic acids is 2.